The highest BCUT2D eigenvalue weighted by atomic mass is 32.1. The molecule has 0 unspecified atom stereocenters. The molecular formula is C27H26FN3O4S. The molecule has 3 aromatic carbocycles. The maximum Gasteiger partial charge on any atom is 0.256 e. The molecule has 1 N–H and O–H groups in total. The molecule has 1 heterocycles. The Morgan fingerprint density at radius 1 is 1.03 bits per heavy atom. The minimum absolute atomic E-state index is 0.0469. The van der Waals surface area contributed by atoms with Crippen LogP contribution in [0, 0.1) is 5.82 Å². The Morgan fingerprint density at radius 3 is 2.33 bits per heavy atom. The molecule has 4 rings (SSSR count). The number of anilines is 2. The van der Waals surface area contributed by atoms with Crippen LogP contribution in [-0.4, -0.2) is 41.6 Å². The van der Waals surface area contributed by atoms with E-state index in [9.17, 15) is 14.0 Å². The lowest BCUT2D eigenvalue weighted by molar-refractivity contribution is -0.124. The molecule has 1 saturated heterocycles. The van der Waals surface area contributed by atoms with Crippen LogP contribution in [0.4, 0.5) is 15.8 Å². The molecule has 7 nitrogen and oxygen atoms in total. The van der Waals surface area contributed by atoms with Gasteiger partial charge in [0.05, 0.1) is 25.8 Å². The molecule has 36 heavy (non-hydrogen) atoms. The number of thiocarbonyl (C=S) groups is 1. The summed E-state index contributed by atoms with van der Waals surface area (Å²) in [5.74, 6) is 0.191. The van der Waals surface area contributed by atoms with Gasteiger partial charge in [-0.3, -0.25) is 14.5 Å². The van der Waals surface area contributed by atoms with Gasteiger partial charge in [-0.2, -0.15) is 0 Å². The summed E-state index contributed by atoms with van der Waals surface area (Å²) in [5.41, 5.74) is 1.49. The maximum atomic E-state index is 14.5. The van der Waals surface area contributed by atoms with Crippen LogP contribution < -0.4 is 19.7 Å². The first-order chi connectivity index (χ1) is 17.4. The van der Waals surface area contributed by atoms with Gasteiger partial charge in [-0.1, -0.05) is 18.2 Å². The van der Waals surface area contributed by atoms with Crippen molar-refractivity contribution in [3.8, 4) is 11.5 Å². The zero-order valence-corrected chi connectivity index (χ0v) is 20.8. The van der Waals surface area contributed by atoms with E-state index in [4.69, 9.17) is 21.7 Å². The number of ether oxygens (including phenoxy) is 2. The number of methoxy groups -OCH3 is 1. The minimum atomic E-state index is -0.901. The lowest BCUT2D eigenvalue weighted by atomic mass is 10.1. The van der Waals surface area contributed by atoms with E-state index in [1.54, 1.807) is 78.7 Å². The van der Waals surface area contributed by atoms with Crippen LogP contribution in [0.15, 0.2) is 72.8 Å². The van der Waals surface area contributed by atoms with E-state index in [-0.39, 0.29) is 29.9 Å². The number of hydrogen-bond acceptors (Lipinski definition) is 5. The maximum absolute atomic E-state index is 14.5. The van der Waals surface area contributed by atoms with E-state index in [2.05, 4.69) is 5.32 Å². The molecule has 0 bridgehead atoms. The van der Waals surface area contributed by atoms with Gasteiger partial charge >= 0.3 is 0 Å². The Balaban J connectivity index is 1.59. The van der Waals surface area contributed by atoms with Gasteiger partial charge in [-0.15, -0.1) is 0 Å². The zero-order chi connectivity index (χ0) is 25.7. The van der Waals surface area contributed by atoms with E-state index < -0.39 is 11.9 Å². The van der Waals surface area contributed by atoms with Crippen molar-refractivity contribution < 1.29 is 23.5 Å². The number of amides is 2. The van der Waals surface area contributed by atoms with Crippen LogP contribution in [0.25, 0.3) is 0 Å². The number of nitrogens with one attached hydrogen (secondary N) is 1. The third-order valence-corrected chi connectivity index (χ3v) is 6.19. The highest BCUT2D eigenvalue weighted by Gasteiger charge is 2.44. The molecule has 0 radical (unpaired) electrons. The molecule has 1 fully saturated rings. The third kappa shape index (κ3) is 5.46. The fourth-order valence-corrected chi connectivity index (χ4v) is 4.37. The van der Waals surface area contributed by atoms with Crippen molar-refractivity contribution in [1.29, 1.82) is 0 Å². The third-order valence-electron chi connectivity index (χ3n) is 5.78. The second-order valence-electron chi connectivity index (χ2n) is 8.10. The number of hydrogen-bond donors (Lipinski definition) is 1. The number of halogens is 1. The van der Waals surface area contributed by atoms with Gasteiger partial charge in [0.2, 0.25) is 5.91 Å². The van der Waals surface area contributed by atoms with Crippen LogP contribution in [0.3, 0.4) is 0 Å². The van der Waals surface area contributed by atoms with Crippen molar-refractivity contribution in [2.45, 2.75) is 25.9 Å². The van der Waals surface area contributed by atoms with Crippen molar-refractivity contribution in [2.24, 2.45) is 0 Å². The summed E-state index contributed by atoms with van der Waals surface area (Å²) in [6.07, 6.45) is -0.160. The molecule has 0 aliphatic carbocycles. The number of rotatable bonds is 9. The molecular weight excluding hydrogens is 481 g/mol. The molecule has 1 aliphatic heterocycles. The zero-order valence-electron chi connectivity index (χ0n) is 19.9. The molecule has 9 heteroatoms. The fourth-order valence-electron chi connectivity index (χ4n) is 3.98. The SMILES string of the molecule is CCOc1ccc(N2C(=O)[C@H](CC(=O)Nc3ccc(OC)cc3)N(Cc3ccccc3F)C2=S)cc1. The number of carbonyl (C=O) groups excluding carboxylic acids is 2. The molecule has 3 aromatic rings. The molecule has 0 saturated carbocycles. The summed E-state index contributed by atoms with van der Waals surface area (Å²) in [6, 6.07) is 19.2. The first-order valence-electron chi connectivity index (χ1n) is 11.5. The fraction of sp³-hybridized carbons (Fsp3) is 0.222. The van der Waals surface area contributed by atoms with Crippen LogP contribution in [0.5, 0.6) is 11.5 Å². The molecule has 0 spiro atoms. The molecule has 186 valence electrons. The number of benzene rings is 3. The average molecular weight is 508 g/mol. The lowest BCUT2D eigenvalue weighted by Crippen LogP contribution is -2.37. The number of nitrogens with zero attached hydrogens (tertiary/aromatic N) is 2. The van der Waals surface area contributed by atoms with Gasteiger partial charge in [0.25, 0.3) is 5.91 Å². The normalized spacial score (nSPS) is 15.2. The van der Waals surface area contributed by atoms with Gasteiger partial charge in [0.1, 0.15) is 23.4 Å². The van der Waals surface area contributed by atoms with E-state index in [0.29, 0.717) is 35.0 Å². The highest BCUT2D eigenvalue weighted by Crippen LogP contribution is 2.30. The van der Waals surface area contributed by atoms with Gasteiger partial charge in [0, 0.05) is 17.8 Å². The van der Waals surface area contributed by atoms with Crippen molar-refractivity contribution in [3.05, 3.63) is 84.2 Å². The van der Waals surface area contributed by atoms with Crippen molar-refractivity contribution in [2.75, 3.05) is 23.9 Å². The standard InChI is InChI=1S/C27H26FN3O4S/c1-3-35-22-14-10-20(11-15-22)31-26(33)24(16-25(32)29-19-8-12-21(34-2)13-9-19)30(27(31)36)17-18-6-4-5-7-23(18)28/h4-15,24H,3,16-17H2,1-2H3,(H,29,32)/t24-/m0/s1. The Kier molecular flexibility index (Phi) is 7.80. The van der Waals surface area contributed by atoms with Crippen LogP contribution in [-0.2, 0) is 16.1 Å². The van der Waals surface area contributed by atoms with E-state index in [1.165, 1.54) is 11.0 Å². The smallest absolute Gasteiger partial charge is 0.256 e. The summed E-state index contributed by atoms with van der Waals surface area (Å²) >= 11 is 5.67. The molecule has 2 amide bonds. The predicted octanol–water partition coefficient (Wildman–Crippen LogP) is 4.76. The monoisotopic (exact) mass is 507 g/mol. The van der Waals surface area contributed by atoms with Gasteiger partial charge in [-0.05, 0) is 73.7 Å². The van der Waals surface area contributed by atoms with Crippen molar-refractivity contribution in [3.63, 3.8) is 0 Å². The van der Waals surface area contributed by atoms with E-state index in [0.717, 1.165) is 0 Å². The van der Waals surface area contributed by atoms with E-state index in [1.807, 2.05) is 6.92 Å². The summed E-state index contributed by atoms with van der Waals surface area (Å²) < 4.78 is 25.1. The Hall–Kier alpha value is -3.98. The summed E-state index contributed by atoms with van der Waals surface area (Å²) in [6.45, 7) is 2.45. The second-order valence-corrected chi connectivity index (χ2v) is 8.46. The molecule has 1 atom stereocenters. The van der Waals surface area contributed by atoms with Crippen LogP contribution >= 0.6 is 12.2 Å². The Morgan fingerprint density at radius 2 is 1.69 bits per heavy atom. The molecule has 0 aromatic heterocycles. The highest BCUT2D eigenvalue weighted by molar-refractivity contribution is 7.80. The van der Waals surface area contributed by atoms with E-state index >= 15 is 0 Å². The Labute approximate surface area is 214 Å². The van der Waals surface area contributed by atoms with Crippen LogP contribution in [0.1, 0.15) is 18.9 Å². The summed E-state index contributed by atoms with van der Waals surface area (Å²) in [7, 11) is 1.56. The summed E-state index contributed by atoms with van der Waals surface area (Å²) in [4.78, 5) is 29.5. The summed E-state index contributed by atoms with van der Waals surface area (Å²) in [5, 5.41) is 3.01. The topological polar surface area (TPSA) is 71.1 Å². The Bertz CT molecular complexity index is 1250. The van der Waals surface area contributed by atoms with Gasteiger partial charge in [0.15, 0.2) is 5.11 Å². The minimum Gasteiger partial charge on any atom is -0.497 e. The predicted molar refractivity (Wildman–Crippen MR) is 140 cm³/mol. The lowest BCUT2D eigenvalue weighted by Gasteiger charge is -2.24. The van der Waals surface area contributed by atoms with Gasteiger partial charge in [-0.25, -0.2) is 4.39 Å². The van der Waals surface area contributed by atoms with Crippen LogP contribution in [0.2, 0.25) is 0 Å². The average Bonchev–Trinajstić information content (AvgIpc) is 3.10. The first kappa shape index (κ1) is 25.1. The van der Waals surface area contributed by atoms with Crippen molar-refractivity contribution in [1.82, 2.24) is 4.90 Å². The van der Waals surface area contributed by atoms with Crippen molar-refractivity contribution >= 4 is 40.5 Å². The van der Waals surface area contributed by atoms with Gasteiger partial charge < -0.3 is 19.7 Å². The second kappa shape index (κ2) is 11.2. The first-order valence-corrected chi connectivity index (χ1v) is 11.9. The number of carbonyl (C=O) groups is 2. The molecule has 1 aliphatic rings. The largest absolute Gasteiger partial charge is 0.497 e. The quantitative estimate of drug-likeness (QED) is 0.421.